The molecule has 2 unspecified atom stereocenters. The van der Waals surface area contributed by atoms with Crippen LogP contribution in [0, 0.1) is 0 Å². The van der Waals surface area contributed by atoms with Gasteiger partial charge in [0, 0.05) is 25.2 Å². The first-order valence-electron chi connectivity index (χ1n) is 7.60. The maximum Gasteiger partial charge on any atom is 0.317 e. The van der Waals surface area contributed by atoms with Crippen molar-refractivity contribution in [1.29, 1.82) is 0 Å². The largest absolute Gasteiger partial charge is 0.338 e. The van der Waals surface area contributed by atoms with E-state index in [9.17, 15) is 4.79 Å². The summed E-state index contributed by atoms with van der Waals surface area (Å²) in [5.41, 5.74) is 0. The van der Waals surface area contributed by atoms with Crippen molar-refractivity contribution in [3.63, 3.8) is 0 Å². The molecule has 0 spiro atoms. The number of hydrogen-bond acceptors (Lipinski definition) is 2. The topological polar surface area (TPSA) is 44.4 Å². The number of amides is 2. The Morgan fingerprint density at radius 2 is 2.22 bits per heavy atom. The van der Waals surface area contributed by atoms with Gasteiger partial charge >= 0.3 is 6.03 Å². The molecule has 0 aromatic heterocycles. The first-order chi connectivity index (χ1) is 8.83. The Kier molecular flexibility index (Phi) is 5.29. The molecule has 2 N–H and O–H groups in total. The van der Waals surface area contributed by atoms with Crippen LogP contribution in [0.25, 0.3) is 0 Å². The molecule has 4 heteroatoms. The van der Waals surface area contributed by atoms with Crippen LogP contribution in [0.1, 0.15) is 51.9 Å². The fourth-order valence-electron chi connectivity index (χ4n) is 3.14. The molecule has 0 radical (unpaired) electrons. The van der Waals surface area contributed by atoms with Crippen LogP contribution < -0.4 is 10.6 Å². The van der Waals surface area contributed by atoms with Gasteiger partial charge in [-0.15, -0.1) is 0 Å². The molecule has 2 heterocycles. The van der Waals surface area contributed by atoms with Crippen LogP contribution >= 0.6 is 0 Å². The summed E-state index contributed by atoms with van der Waals surface area (Å²) in [6.07, 6.45) is 8.28. The second kappa shape index (κ2) is 6.98. The summed E-state index contributed by atoms with van der Waals surface area (Å²) in [7, 11) is 0. The minimum atomic E-state index is 0.154. The highest BCUT2D eigenvalue weighted by atomic mass is 16.2. The highest BCUT2D eigenvalue weighted by molar-refractivity contribution is 5.74. The average Bonchev–Trinajstić information content (AvgIpc) is 2.93. The standard InChI is InChI=1S/C14H27N3O/c1-2-3-9-16-14(18)17-11-5-4-8-13(17)12-7-6-10-15-12/h12-13,15H,2-11H2,1H3,(H,16,18). The molecule has 2 aliphatic heterocycles. The van der Waals surface area contributed by atoms with E-state index in [0.29, 0.717) is 12.1 Å². The Balaban J connectivity index is 1.87. The summed E-state index contributed by atoms with van der Waals surface area (Å²) in [6.45, 7) is 5.02. The number of urea groups is 1. The smallest absolute Gasteiger partial charge is 0.317 e. The maximum absolute atomic E-state index is 12.2. The number of nitrogens with zero attached hydrogens (tertiary/aromatic N) is 1. The second-order valence-electron chi connectivity index (χ2n) is 5.54. The van der Waals surface area contributed by atoms with Gasteiger partial charge in [0.15, 0.2) is 0 Å². The number of likely N-dealkylation sites (tertiary alicyclic amines) is 1. The quantitative estimate of drug-likeness (QED) is 0.754. The lowest BCUT2D eigenvalue weighted by Crippen LogP contribution is -2.55. The van der Waals surface area contributed by atoms with Gasteiger partial charge < -0.3 is 15.5 Å². The van der Waals surface area contributed by atoms with E-state index in [1.807, 2.05) is 0 Å². The number of unbranched alkanes of at least 4 members (excludes halogenated alkanes) is 1. The van der Waals surface area contributed by atoms with E-state index in [4.69, 9.17) is 0 Å². The number of hydrogen-bond donors (Lipinski definition) is 2. The van der Waals surface area contributed by atoms with Crippen LogP contribution in [0.3, 0.4) is 0 Å². The zero-order valence-electron chi connectivity index (χ0n) is 11.6. The molecule has 0 aromatic carbocycles. The fraction of sp³-hybridized carbons (Fsp3) is 0.929. The van der Waals surface area contributed by atoms with Gasteiger partial charge in [-0.05, 0) is 45.1 Å². The highest BCUT2D eigenvalue weighted by Crippen LogP contribution is 2.24. The van der Waals surface area contributed by atoms with Crippen LogP contribution in [0.5, 0.6) is 0 Å². The minimum Gasteiger partial charge on any atom is -0.338 e. The van der Waals surface area contributed by atoms with Gasteiger partial charge in [-0.2, -0.15) is 0 Å². The lowest BCUT2D eigenvalue weighted by atomic mass is 9.95. The number of piperidine rings is 1. The summed E-state index contributed by atoms with van der Waals surface area (Å²) >= 11 is 0. The monoisotopic (exact) mass is 253 g/mol. The molecule has 2 amide bonds. The molecule has 4 nitrogen and oxygen atoms in total. The zero-order chi connectivity index (χ0) is 12.8. The van der Waals surface area contributed by atoms with Gasteiger partial charge in [-0.25, -0.2) is 4.79 Å². The number of nitrogens with one attached hydrogen (secondary N) is 2. The minimum absolute atomic E-state index is 0.154. The third-order valence-corrected chi connectivity index (χ3v) is 4.18. The Morgan fingerprint density at radius 3 is 2.94 bits per heavy atom. The van der Waals surface area contributed by atoms with Gasteiger partial charge in [-0.3, -0.25) is 0 Å². The van der Waals surface area contributed by atoms with E-state index in [2.05, 4.69) is 22.5 Å². The van der Waals surface area contributed by atoms with Crippen LogP contribution in [0.15, 0.2) is 0 Å². The van der Waals surface area contributed by atoms with Crippen molar-refractivity contribution in [3.8, 4) is 0 Å². The van der Waals surface area contributed by atoms with Gasteiger partial charge in [-0.1, -0.05) is 13.3 Å². The summed E-state index contributed by atoms with van der Waals surface area (Å²) in [5, 5.41) is 6.62. The van der Waals surface area contributed by atoms with Crippen molar-refractivity contribution < 1.29 is 4.79 Å². The molecule has 0 aliphatic carbocycles. The molecule has 2 saturated heterocycles. The van der Waals surface area contributed by atoms with Crippen molar-refractivity contribution >= 4 is 6.03 Å². The Labute approximate surface area is 110 Å². The lowest BCUT2D eigenvalue weighted by Gasteiger charge is -2.39. The number of carbonyl (C=O) groups is 1. The Bertz CT molecular complexity index is 264. The van der Waals surface area contributed by atoms with E-state index in [0.717, 1.165) is 38.9 Å². The van der Waals surface area contributed by atoms with E-state index < -0.39 is 0 Å². The predicted molar refractivity (Wildman–Crippen MR) is 73.7 cm³/mol. The lowest BCUT2D eigenvalue weighted by molar-refractivity contribution is 0.133. The zero-order valence-corrected chi connectivity index (χ0v) is 11.6. The van der Waals surface area contributed by atoms with Gasteiger partial charge in [0.25, 0.3) is 0 Å². The maximum atomic E-state index is 12.2. The van der Waals surface area contributed by atoms with Crippen molar-refractivity contribution in [2.24, 2.45) is 0 Å². The van der Waals surface area contributed by atoms with Crippen molar-refractivity contribution in [1.82, 2.24) is 15.5 Å². The SMILES string of the molecule is CCCCNC(=O)N1CCCCC1C1CCCN1. The molecular weight excluding hydrogens is 226 g/mol. The molecule has 2 fully saturated rings. The summed E-state index contributed by atoms with van der Waals surface area (Å²) < 4.78 is 0. The molecule has 0 bridgehead atoms. The molecule has 2 aliphatic rings. The Morgan fingerprint density at radius 1 is 1.33 bits per heavy atom. The molecular formula is C14H27N3O. The van der Waals surface area contributed by atoms with Crippen LogP contribution in [-0.2, 0) is 0 Å². The molecule has 2 atom stereocenters. The van der Waals surface area contributed by atoms with E-state index in [1.54, 1.807) is 0 Å². The first-order valence-corrected chi connectivity index (χ1v) is 7.60. The van der Waals surface area contributed by atoms with E-state index >= 15 is 0 Å². The fourth-order valence-corrected chi connectivity index (χ4v) is 3.14. The predicted octanol–water partition coefficient (Wildman–Crippen LogP) is 2.10. The number of carbonyl (C=O) groups excluding carboxylic acids is 1. The molecule has 2 rings (SSSR count). The van der Waals surface area contributed by atoms with Gasteiger partial charge in [0.05, 0.1) is 0 Å². The van der Waals surface area contributed by atoms with Gasteiger partial charge in [0.1, 0.15) is 0 Å². The van der Waals surface area contributed by atoms with E-state index in [1.165, 1.54) is 25.7 Å². The molecule has 0 aromatic rings. The van der Waals surface area contributed by atoms with Crippen LogP contribution in [-0.4, -0.2) is 42.6 Å². The van der Waals surface area contributed by atoms with Gasteiger partial charge in [0.2, 0.25) is 0 Å². The first kappa shape index (κ1) is 13.7. The van der Waals surface area contributed by atoms with Crippen molar-refractivity contribution in [2.45, 2.75) is 64.0 Å². The van der Waals surface area contributed by atoms with E-state index in [-0.39, 0.29) is 6.03 Å². The third kappa shape index (κ3) is 3.37. The normalized spacial score (nSPS) is 28.4. The summed E-state index contributed by atoms with van der Waals surface area (Å²) in [6, 6.07) is 1.10. The number of rotatable bonds is 4. The van der Waals surface area contributed by atoms with Crippen molar-refractivity contribution in [3.05, 3.63) is 0 Å². The molecule has 0 saturated carbocycles. The van der Waals surface area contributed by atoms with Crippen LogP contribution in [0.4, 0.5) is 4.79 Å². The third-order valence-electron chi connectivity index (χ3n) is 4.18. The second-order valence-corrected chi connectivity index (χ2v) is 5.54. The highest BCUT2D eigenvalue weighted by Gasteiger charge is 2.33. The van der Waals surface area contributed by atoms with Crippen LogP contribution in [0.2, 0.25) is 0 Å². The Hall–Kier alpha value is -0.770. The summed E-state index contributed by atoms with van der Waals surface area (Å²) in [4.78, 5) is 14.3. The average molecular weight is 253 g/mol. The molecule has 104 valence electrons. The summed E-state index contributed by atoms with van der Waals surface area (Å²) in [5.74, 6) is 0. The molecule has 18 heavy (non-hydrogen) atoms. The van der Waals surface area contributed by atoms with Crippen molar-refractivity contribution in [2.75, 3.05) is 19.6 Å².